The number of nitrogens with zero attached hydrogens (tertiary/aromatic N) is 1. The van der Waals surface area contributed by atoms with Crippen LogP contribution in [0.5, 0.6) is 0 Å². The van der Waals surface area contributed by atoms with E-state index in [0.717, 1.165) is 38.5 Å². The van der Waals surface area contributed by atoms with Gasteiger partial charge in [-0.2, -0.15) is 0 Å². The van der Waals surface area contributed by atoms with E-state index in [9.17, 15) is 4.79 Å². The second-order valence-corrected chi connectivity index (χ2v) is 5.37. The van der Waals surface area contributed by atoms with Crippen molar-refractivity contribution in [2.45, 2.75) is 50.5 Å². The average Bonchev–Trinajstić information content (AvgIpc) is 2.39. The van der Waals surface area contributed by atoms with Crippen LogP contribution < -0.4 is 0 Å². The van der Waals surface area contributed by atoms with E-state index in [4.69, 9.17) is 4.74 Å². The molecule has 0 aromatic rings. The van der Waals surface area contributed by atoms with Gasteiger partial charge in [-0.3, -0.25) is 9.69 Å². The molecule has 0 spiro atoms. The largest absolute Gasteiger partial charge is 0.490 e. The van der Waals surface area contributed by atoms with E-state index >= 15 is 0 Å². The second kappa shape index (κ2) is 5.21. The average molecular weight is 237 g/mol. The zero-order valence-electron chi connectivity index (χ0n) is 11.0. The van der Waals surface area contributed by atoms with Crippen molar-refractivity contribution in [3.63, 3.8) is 0 Å². The summed E-state index contributed by atoms with van der Waals surface area (Å²) in [6.45, 7) is 0.696. The van der Waals surface area contributed by atoms with E-state index < -0.39 is 0 Å². The number of rotatable bonds is 3. The van der Waals surface area contributed by atoms with Crippen LogP contribution in [0.3, 0.4) is 0 Å². The molecule has 0 aromatic carbocycles. The van der Waals surface area contributed by atoms with E-state index in [2.05, 4.69) is 4.90 Å². The molecule has 0 N–H and O–H groups in total. The SMILES string of the molecule is CN(C)C1(C(=O)C2=CCCCO2)CCCCC1. The third-order valence-electron chi connectivity index (χ3n) is 4.12. The van der Waals surface area contributed by atoms with Crippen molar-refractivity contribution < 1.29 is 9.53 Å². The molecule has 0 bridgehead atoms. The molecule has 1 aliphatic heterocycles. The molecule has 1 heterocycles. The maximum absolute atomic E-state index is 12.7. The number of ether oxygens (including phenoxy) is 1. The van der Waals surface area contributed by atoms with Gasteiger partial charge in [0.1, 0.15) is 0 Å². The third kappa shape index (κ3) is 2.39. The maximum atomic E-state index is 12.7. The van der Waals surface area contributed by atoms with Crippen LogP contribution in [0.15, 0.2) is 11.8 Å². The summed E-state index contributed by atoms with van der Waals surface area (Å²) in [6.07, 6.45) is 9.48. The van der Waals surface area contributed by atoms with Crippen molar-refractivity contribution in [2.24, 2.45) is 0 Å². The summed E-state index contributed by atoms with van der Waals surface area (Å²) >= 11 is 0. The predicted octanol–water partition coefficient (Wildman–Crippen LogP) is 2.51. The number of Topliss-reactive ketones (excluding diaryl/α,β-unsaturated/α-hetero) is 1. The molecule has 1 aliphatic carbocycles. The number of carbonyl (C=O) groups excluding carboxylic acids is 1. The van der Waals surface area contributed by atoms with Crippen LogP contribution in [0.4, 0.5) is 0 Å². The highest BCUT2D eigenvalue weighted by atomic mass is 16.5. The Bertz CT molecular complexity index is 314. The van der Waals surface area contributed by atoms with Crippen LogP contribution in [0.25, 0.3) is 0 Å². The van der Waals surface area contributed by atoms with Crippen molar-refractivity contribution in [3.8, 4) is 0 Å². The Labute approximate surface area is 104 Å². The highest BCUT2D eigenvalue weighted by Gasteiger charge is 2.43. The third-order valence-corrected chi connectivity index (χ3v) is 4.12. The fourth-order valence-electron chi connectivity index (χ4n) is 2.96. The minimum Gasteiger partial charge on any atom is -0.490 e. The lowest BCUT2D eigenvalue weighted by Gasteiger charge is -2.41. The number of hydrogen-bond donors (Lipinski definition) is 0. The van der Waals surface area contributed by atoms with Crippen molar-refractivity contribution in [3.05, 3.63) is 11.8 Å². The van der Waals surface area contributed by atoms with Crippen LogP contribution >= 0.6 is 0 Å². The van der Waals surface area contributed by atoms with Gasteiger partial charge in [-0.15, -0.1) is 0 Å². The maximum Gasteiger partial charge on any atom is 0.217 e. The zero-order valence-corrected chi connectivity index (χ0v) is 11.0. The Morgan fingerprint density at radius 1 is 1.24 bits per heavy atom. The summed E-state index contributed by atoms with van der Waals surface area (Å²) in [6, 6.07) is 0. The summed E-state index contributed by atoms with van der Waals surface area (Å²) < 4.78 is 5.55. The molecule has 0 saturated heterocycles. The normalized spacial score (nSPS) is 24.1. The molecule has 0 atom stereocenters. The quantitative estimate of drug-likeness (QED) is 0.755. The van der Waals surface area contributed by atoms with Gasteiger partial charge in [0.25, 0.3) is 0 Å². The molecular formula is C14H23NO2. The lowest BCUT2D eigenvalue weighted by molar-refractivity contribution is -0.131. The molecule has 3 heteroatoms. The number of carbonyl (C=O) groups is 1. The second-order valence-electron chi connectivity index (χ2n) is 5.37. The first kappa shape index (κ1) is 12.6. The highest BCUT2D eigenvalue weighted by Crippen LogP contribution is 2.35. The minimum absolute atomic E-state index is 0.210. The standard InChI is InChI=1S/C14H23NO2/c1-15(2)14(9-5-3-6-10-14)13(16)12-8-4-7-11-17-12/h8H,3-7,9-11H2,1-2H3. The van der Waals surface area contributed by atoms with Gasteiger partial charge in [0.05, 0.1) is 12.1 Å². The summed E-state index contributed by atoms with van der Waals surface area (Å²) in [5.41, 5.74) is -0.304. The van der Waals surface area contributed by atoms with Crippen LogP contribution in [0.2, 0.25) is 0 Å². The monoisotopic (exact) mass is 237 g/mol. The van der Waals surface area contributed by atoms with Gasteiger partial charge < -0.3 is 4.74 Å². The Morgan fingerprint density at radius 2 is 1.94 bits per heavy atom. The summed E-state index contributed by atoms with van der Waals surface area (Å²) in [5.74, 6) is 0.828. The topological polar surface area (TPSA) is 29.5 Å². The lowest BCUT2D eigenvalue weighted by Crippen LogP contribution is -2.53. The summed E-state index contributed by atoms with van der Waals surface area (Å²) in [7, 11) is 4.04. The molecule has 0 aromatic heterocycles. The summed E-state index contributed by atoms with van der Waals surface area (Å²) in [5, 5.41) is 0. The molecule has 2 rings (SSSR count). The fraction of sp³-hybridized carbons (Fsp3) is 0.786. The molecule has 17 heavy (non-hydrogen) atoms. The lowest BCUT2D eigenvalue weighted by atomic mass is 9.76. The first-order valence-corrected chi connectivity index (χ1v) is 6.72. The van der Waals surface area contributed by atoms with Gasteiger partial charge in [0.15, 0.2) is 5.76 Å². The number of hydrogen-bond acceptors (Lipinski definition) is 3. The van der Waals surface area contributed by atoms with Gasteiger partial charge in [0.2, 0.25) is 5.78 Å². The van der Waals surface area contributed by atoms with Crippen LogP contribution in [-0.4, -0.2) is 36.9 Å². The van der Waals surface area contributed by atoms with Crippen LogP contribution in [0.1, 0.15) is 44.9 Å². The van der Waals surface area contributed by atoms with E-state index in [1.807, 2.05) is 20.2 Å². The highest BCUT2D eigenvalue weighted by molar-refractivity contribution is 6.01. The molecule has 1 saturated carbocycles. The van der Waals surface area contributed by atoms with Gasteiger partial charge in [0, 0.05) is 0 Å². The smallest absolute Gasteiger partial charge is 0.217 e. The molecule has 0 amide bonds. The Balaban J connectivity index is 2.20. The first-order valence-electron chi connectivity index (χ1n) is 6.72. The Morgan fingerprint density at radius 3 is 2.47 bits per heavy atom. The van der Waals surface area contributed by atoms with E-state index in [0.29, 0.717) is 12.4 Å². The van der Waals surface area contributed by atoms with Crippen LogP contribution in [-0.2, 0) is 9.53 Å². The van der Waals surface area contributed by atoms with Crippen LogP contribution in [0, 0.1) is 0 Å². The Hall–Kier alpha value is -0.830. The van der Waals surface area contributed by atoms with Crippen molar-refractivity contribution >= 4 is 5.78 Å². The number of likely N-dealkylation sites (N-methyl/N-ethyl adjacent to an activating group) is 1. The minimum atomic E-state index is -0.304. The molecule has 0 radical (unpaired) electrons. The summed E-state index contributed by atoms with van der Waals surface area (Å²) in [4.78, 5) is 14.8. The zero-order chi connectivity index (χ0) is 12.3. The van der Waals surface area contributed by atoms with Gasteiger partial charge in [-0.05, 0) is 45.9 Å². The van der Waals surface area contributed by atoms with Crippen molar-refractivity contribution in [1.29, 1.82) is 0 Å². The van der Waals surface area contributed by atoms with E-state index in [1.165, 1.54) is 6.42 Å². The molecule has 1 fully saturated rings. The predicted molar refractivity (Wildman–Crippen MR) is 67.8 cm³/mol. The van der Waals surface area contributed by atoms with E-state index in [-0.39, 0.29) is 11.3 Å². The molecule has 0 unspecified atom stereocenters. The van der Waals surface area contributed by atoms with E-state index in [1.54, 1.807) is 0 Å². The number of allylic oxidation sites excluding steroid dienone is 1. The van der Waals surface area contributed by atoms with Crippen molar-refractivity contribution in [2.75, 3.05) is 20.7 Å². The molecular weight excluding hydrogens is 214 g/mol. The molecule has 3 nitrogen and oxygen atoms in total. The first-order chi connectivity index (χ1) is 8.17. The number of ketones is 1. The fourth-order valence-corrected chi connectivity index (χ4v) is 2.96. The van der Waals surface area contributed by atoms with Gasteiger partial charge in [-0.25, -0.2) is 0 Å². The Kier molecular flexibility index (Phi) is 3.87. The van der Waals surface area contributed by atoms with Gasteiger partial charge in [-0.1, -0.05) is 19.3 Å². The van der Waals surface area contributed by atoms with Gasteiger partial charge >= 0.3 is 0 Å². The molecule has 96 valence electrons. The van der Waals surface area contributed by atoms with Crippen molar-refractivity contribution in [1.82, 2.24) is 4.90 Å². The molecule has 2 aliphatic rings.